The first-order valence-electron chi connectivity index (χ1n) is 5.30. The van der Waals surface area contributed by atoms with Gasteiger partial charge in [0.05, 0.1) is 18.8 Å². The summed E-state index contributed by atoms with van der Waals surface area (Å²) in [6.07, 6.45) is 1.32. The Labute approximate surface area is 105 Å². The van der Waals surface area contributed by atoms with E-state index in [0.29, 0.717) is 4.58 Å². The van der Waals surface area contributed by atoms with Crippen LogP contribution in [0.2, 0.25) is 0 Å². The van der Waals surface area contributed by atoms with Gasteiger partial charge in [-0.25, -0.2) is 0 Å². The van der Waals surface area contributed by atoms with Crippen molar-refractivity contribution in [2.75, 3.05) is 25.7 Å². The van der Waals surface area contributed by atoms with Gasteiger partial charge in [-0.3, -0.25) is 0 Å². The summed E-state index contributed by atoms with van der Waals surface area (Å²) in [5, 5.41) is 0. The van der Waals surface area contributed by atoms with Crippen LogP contribution in [0.1, 0.15) is 16.6 Å². The maximum atomic E-state index is 5.32. The molecule has 1 aliphatic rings. The van der Waals surface area contributed by atoms with Gasteiger partial charge in [0, 0.05) is 0 Å². The molecule has 0 spiro atoms. The molecule has 0 atom stereocenters. The van der Waals surface area contributed by atoms with Gasteiger partial charge in [-0.15, -0.1) is 23.5 Å². The zero-order chi connectivity index (χ0) is 11.4. The zero-order valence-electron chi connectivity index (χ0n) is 9.56. The first-order valence-corrected chi connectivity index (χ1v) is 7.40. The lowest BCUT2D eigenvalue weighted by atomic mass is 10.2. The minimum absolute atomic E-state index is 0.550. The smallest absolute Gasteiger partial charge is 0.161 e. The maximum Gasteiger partial charge on any atom is 0.161 e. The molecule has 2 rings (SSSR count). The number of hydrogen-bond acceptors (Lipinski definition) is 4. The molecule has 0 bridgehead atoms. The van der Waals surface area contributed by atoms with Gasteiger partial charge in [0.1, 0.15) is 0 Å². The number of ether oxygens (including phenoxy) is 2. The van der Waals surface area contributed by atoms with Crippen molar-refractivity contribution in [1.82, 2.24) is 0 Å². The van der Waals surface area contributed by atoms with Gasteiger partial charge >= 0.3 is 0 Å². The van der Waals surface area contributed by atoms with Gasteiger partial charge in [0.25, 0.3) is 0 Å². The normalized spacial score (nSPS) is 17.1. The number of benzene rings is 1. The fraction of sp³-hybridized carbons (Fsp3) is 0.500. The first kappa shape index (κ1) is 12.0. The third-order valence-electron chi connectivity index (χ3n) is 2.51. The van der Waals surface area contributed by atoms with Crippen LogP contribution in [0.4, 0.5) is 0 Å². The van der Waals surface area contributed by atoms with Crippen molar-refractivity contribution >= 4 is 23.5 Å². The summed E-state index contributed by atoms with van der Waals surface area (Å²) in [5.74, 6) is 4.14. The van der Waals surface area contributed by atoms with E-state index in [4.69, 9.17) is 9.47 Å². The lowest BCUT2D eigenvalue weighted by Crippen LogP contribution is -2.01. The van der Waals surface area contributed by atoms with Crippen LogP contribution in [0.15, 0.2) is 18.2 Å². The minimum Gasteiger partial charge on any atom is -0.493 e. The highest BCUT2D eigenvalue weighted by Gasteiger charge is 2.18. The molecule has 1 saturated heterocycles. The second kappa shape index (κ2) is 5.73. The SMILES string of the molecule is COc1ccc(C2SCCCS2)cc1OC. The predicted octanol–water partition coefficient (Wildman–Crippen LogP) is 3.57. The van der Waals surface area contributed by atoms with E-state index in [0.717, 1.165) is 11.5 Å². The Balaban J connectivity index is 2.20. The zero-order valence-corrected chi connectivity index (χ0v) is 11.2. The second-order valence-electron chi connectivity index (χ2n) is 3.54. The Kier molecular flexibility index (Phi) is 4.29. The molecule has 4 heteroatoms. The van der Waals surface area contributed by atoms with E-state index in [1.54, 1.807) is 14.2 Å². The largest absolute Gasteiger partial charge is 0.493 e. The molecule has 0 aliphatic carbocycles. The number of methoxy groups -OCH3 is 2. The average Bonchev–Trinajstić information content (AvgIpc) is 2.39. The maximum absolute atomic E-state index is 5.32. The lowest BCUT2D eigenvalue weighted by molar-refractivity contribution is 0.354. The molecule has 1 fully saturated rings. The Hall–Kier alpha value is -0.480. The third kappa shape index (κ3) is 2.61. The van der Waals surface area contributed by atoms with Crippen LogP contribution in [0.25, 0.3) is 0 Å². The number of thioether (sulfide) groups is 2. The highest BCUT2D eigenvalue weighted by atomic mass is 32.2. The molecule has 0 saturated carbocycles. The third-order valence-corrected chi connectivity index (χ3v) is 5.52. The van der Waals surface area contributed by atoms with Crippen LogP contribution in [-0.2, 0) is 0 Å². The fourth-order valence-electron chi connectivity index (χ4n) is 1.68. The van der Waals surface area contributed by atoms with Gasteiger partial charge in [-0.1, -0.05) is 6.07 Å². The minimum atomic E-state index is 0.550. The van der Waals surface area contributed by atoms with Crippen molar-refractivity contribution in [3.05, 3.63) is 23.8 Å². The molecule has 2 nitrogen and oxygen atoms in total. The topological polar surface area (TPSA) is 18.5 Å². The van der Waals surface area contributed by atoms with E-state index < -0.39 is 0 Å². The van der Waals surface area contributed by atoms with Crippen molar-refractivity contribution in [1.29, 1.82) is 0 Å². The number of hydrogen-bond donors (Lipinski definition) is 0. The summed E-state index contributed by atoms with van der Waals surface area (Å²) in [6, 6.07) is 6.22. The Bertz CT molecular complexity index is 349. The van der Waals surface area contributed by atoms with E-state index in [2.05, 4.69) is 12.1 Å². The molecule has 16 heavy (non-hydrogen) atoms. The van der Waals surface area contributed by atoms with Gasteiger partial charge in [0.2, 0.25) is 0 Å². The highest BCUT2D eigenvalue weighted by Crippen LogP contribution is 2.45. The fourth-order valence-corrected chi connectivity index (χ4v) is 4.55. The van der Waals surface area contributed by atoms with E-state index in [9.17, 15) is 0 Å². The quantitative estimate of drug-likeness (QED) is 0.822. The van der Waals surface area contributed by atoms with Crippen LogP contribution >= 0.6 is 23.5 Å². The molecule has 1 heterocycles. The molecular formula is C12H16O2S2. The molecule has 0 N–H and O–H groups in total. The molecule has 1 aliphatic heterocycles. The van der Waals surface area contributed by atoms with Crippen LogP contribution in [-0.4, -0.2) is 25.7 Å². The highest BCUT2D eigenvalue weighted by molar-refractivity contribution is 8.16. The monoisotopic (exact) mass is 256 g/mol. The molecule has 0 aromatic heterocycles. The Morgan fingerprint density at radius 3 is 2.38 bits per heavy atom. The summed E-state index contributed by atoms with van der Waals surface area (Å²) in [6.45, 7) is 0. The van der Waals surface area contributed by atoms with Crippen LogP contribution < -0.4 is 9.47 Å². The summed E-state index contributed by atoms with van der Waals surface area (Å²) >= 11 is 4.03. The summed E-state index contributed by atoms with van der Waals surface area (Å²) in [4.78, 5) is 0. The summed E-state index contributed by atoms with van der Waals surface area (Å²) < 4.78 is 11.1. The molecule has 1 aromatic rings. The van der Waals surface area contributed by atoms with Crippen LogP contribution in [0.5, 0.6) is 11.5 Å². The molecule has 0 amide bonds. The van der Waals surface area contributed by atoms with E-state index in [1.807, 2.05) is 29.6 Å². The van der Waals surface area contributed by atoms with Crippen molar-refractivity contribution in [2.24, 2.45) is 0 Å². The van der Waals surface area contributed by atoms with Crippen molar-refractivity contribution in [3.8, 4) is 11.5 Å². The van der Waals surface area contributed by atoms with E-state index >= 15 is 0 Å². The van der Waals surface area contributed by atoms with Gasteiger partial charge in [0.15, 0.2) is 11.5 Å². The second-order valence-corrected chi connectivity index (χ2v) is 6.27. The van der Waals surface area contributed by atoms with Crippen molar-refractivity contribution in [2.45, 2.75) is 11.0 Å². The van der Waals surface area contributed by atoms with Gasteiger partial charge in [-0.05, 0) is 35.6 Å². The molecule has 88 valence electrons. The first-order chi connectivity index (χ1) is 7.85. The molecule has 0 unspecified atom stereocenters. The van der Waals surface area contributed by atoms with Crippen molar-refractivity contribution < 1.29 is 9.47 Å². The van der Waals surface area contributed by atoms with Gasteiger partial charge < -0.3 is 9.47 Å². The predicted molar refractivity (Wildman–Crippen MR) is 71.8 cm³/mol. The Morgan fingerprint density at radius 2 is 1.75 bits per heavy atom. The average molecular weight is 256 g/mol. The lowest BCUT2D eigenvalue weighted by Gasteiger charge is -2.22. The van der Waals surface area contributed by atoms with Crippen LogP contribution in [0.3, 0.4) is 0 Å². The summed E-state index contributed by atoms with van der Waals surface area (Å²) in [7, 11) is 3.35. The van der Waals surface area contributed by atoms with Crippen LogP contribution in [0, 0.1) is 0 Å². The molecular weight excluding hydrogens is 240 g/mol. The van der Waals surface area contributed by atoms with E-state index in [1.165, 1.54) is 23.5 Å². The number of rotatable bonds is 3. The van der Waals surface area contributed by atoms with E-state index in [-0.39, 0.29) is 0 Å². The summed E-state index contributed by atoms with van der Waals surface area (Å²) in [5.41, 5.74) is 1.33. The van der Waals surface area contributed by atoms with Crippen molar-refractivity contribution in [3.63, 3.8) is 0 Å². The standard InChI is InChI=1S/C12H16O2S2/c1-13-10-5-4-9(8-11(10)14-2)12-15-6-3-7-16-12/h4-5,8,12H,3,6-7H2,1-2H3. The molecule has 1 aromatic carbocycles. The molecule has 0 radical (unpaired) electrons. The Morgan fingerprint density at radius 1 is 1.06 bits per heavy atom. The van der Waals surface area contributed by atoms with Gasteiger partial charge in [-0.2, -0.15) is 0 Å².